The van der Waals surface area contributed by atoms with Crippen LogP contribution in [0.15, 0.2) is 155 Å². The van der Waals surface area contributed by atoms with Gasteiger partial charge in [0, 0.05) is 45.8 Å². The van der Waals surface area contributed by atoms with Crippen molar-refractivity contribution in [3.8, 4) is 5.75 Å². The Morgan fingerprint density at radius 1 is 0.526 bits per heavy atom. The number of piperidine rings is 2. The quantitative estimate of drug-likeness (QED) is 0.0276. The van der Waals surface area contributed by atoms with Gasteiger partial charge in [-0.15, -0.1) is 11.8 Å². The minimum Gasteiger partial charge on any atom is -0.496 e. The molecule has 6 aromatic carbocycles. The Bertz CT molecular complexity index is 3880. The average molecular weight is 1330 g/mol. The van der Waals surface area contributed by atoms with Gasteiger partial charge in [-0.25, -0.2) is 64.9 Å². The van der Waals surface area contributed by atoms with E-state index in [2.05, 4.69) is 79.6 Å². The highest BCUT2D eigenvalue weighted by Crippen LogP contribution is 2.47. The lowest BCUT2D eigenvalue weighted by Gasteiger charge is -2.43. The number of hydrogen-bond acceptors (Lipinski definition) is 12. The van der Waals surface area contributed by atoms with Gasteiger partial charge in [-0.2, -0.15) is 0 Å². The maximum atomic E-state index is 14.6. The van der Waals surface area contributed by atoms with E-state index in [4.69, 9.17) is 14.2 Å². The molecule has 2 unspecified atom stereocenters. The van der Waals surface area contributed by atoms with E-state index in [-0.39, 0.29) is 63.8 Å². The Labute approximate surface area is 552 Å². The number of hydrogen-bond donors (Lipinski definition) is 4. The molecule has 0 saturated carbocycles. The molecule has 4 aliphatic heterocycles. The van der Waals surface area contributed by atoms with Crippen LogP contribution < -0.4 is 26.0 Å². The number of urea groups is 4. The zero-order chi connectivity index (χ0) is 68.3. The molecule has 0 aromatic heterocycles. The molecule has 10 rings (SSSR count). The molecule has 8 amide bonds. The second-order valence-corrected chi connectivity index (χ2v) is 24.7. The number of aryl methyl sites for hydroxylation is 1. The molecule has 2 atom stereocenters. The van der Waals surface area contributed by atoms with Crippen LogP contribution >= 0.6 is 11.8 Å². The molecule has 2 fully saturated rings. The maximum Gasteiger partial charge on any atom is 0.337 e. The van der Waals surface area contributed by atoms with E-state index in [1.165, 1.54) is 54.6 Å². The zero-order valence-electron chi connectivity index (χ0n) is 53.8. The first-order valence-electron chi connectivity index (χ1n) is 31.1. The molecule has 0 radical (unpaired) electrons. The minimum atomic E-state index is -1.35. The maximum absolute atomic E-state index is 14.6. The third kappa shape index (κ3) is 15.5. The van der Waals surface area contributed by atoms with Crippen molar-refractivity contribution in [1.82, 2.24) is 40.9 Å². The van der Waals surface area contributed by atoms with E-state index in [0.29, 0.717) is 57.6 Å². The van der Waals surface area contributed by atoms with Gasteiger partial charge in [-0.1, -0.05) is 66.2 Å². The third-order valence-electron chi connectivity index (χ3n) is 18.3. The number of amides is 8. The topological polar surface area (TPSA) is 191 Å². The van der Waals surface area contributed by atoms with Gasteiger partial charge in [-0.05, 0) is 199 Å². The molecule has 0 bridgehead atoms. The van der Waals surface area contributed by atoms with Gasteiger partial charge in [0.05, 0.1) is 32.5 Å². The minimum absolute atomic E-state index is 0.0268. The van der Waals surface area contributed by atoms with E-state index >= 15 is 0 Å². The van der Waals surface area contributed by atoms with Gasteiger partial charge in [0.1, 0.15) is 29.5 Å². The van der Waals surface area contributed by atoms with E-state index in [1.54, 1.807) is 31.0 Å². The fraction of sp³-hybridized carbons (Fsp3) is 0.352. The third-order valence-corrected chi connectivity index (χ3v) is 19.0. The predicted molar refractivity (Wildman–Crippen MR) is 346 cm³/mol. The van der Waals surface area contributed by atoms with Crippen LogP contribution in [0.5, 0.6) is 5.75 Å². The molecule has 6 aromatic rings. The summed E-state index contributed by atoms with van der Waals surface area (Å²) >= 11 is 1.68. The molecule has 24 heteroatoms. The van der Waals surface area contributed by atoms with E-state index in [9.17, 15) is 55.1 Å². The summed E-state index contributed by atoms with van der Waals surface area (Å²) in [7, 11) is 3.88. The van der Waals surface area contributed by atoms with Gasteiger partial charge < -0.3 is 45.3 Å². The van der Waals surface area contributed by atoms with Crippen molar-refractivity contribution in [2.75, 3.05) is 79.9 Å². The molecule has 0 aliphatic carbocycles. The van der Waals surface area contributed by atoms with Crippen LogP contribution in [0.2, 0.25) is 0 Å². The lowest BCUT2D eigenvalue weighted by molar-refractivity contribution is -0.137. The molecular weight excluding hydrogens is 1250 g/mol. The highest BCUT2D eigenvalue weighted by atomic mass is 32.2. The van der Waals surface area contributed by atoms with Gasteiger partial charge >= 0.3 is 36.1 Å². The monoisotopic (exact) mass is 1330 g/mol. The van der Waals surface area contributed by atoms with Crippen molar-refractivity contribution in [1.29, 1.82) is 0 Å². The first-order valence-corrected chi connectivity index (χ1v) is 32.3. The largest absolute Gasteiger partial charge is 0.496 e. The van der Waals surface area contributed by atoms with Crippen molar-refractivity contribution < 1.29 is 69.3 Å². The number of imide groups is 2. The summed E-state index contributed by atoms with van der Waals surface area (Å²) in [6.45, 7) is 9.67. The van der Waals surface area contributed by atoms with Crippen molar-refractivity contribution in [3.05, 3.63) is 224 Å². The van der Waals surface area contributed by atoms with Gasteiger partial charge in [0.15, 0.2) is 23.3 Å². The first-order chi connectivity index (χ1) is 45.6. The van der Waals surface area contributed by atoms with Gasteiger partial charge in [0.2, 0.25) is 0 Å². The number of nitrogens with zero attached hydrogens (tertiary/aromatic N) is 4. The number of esters is 2. The number of likely N-dealkylation sites (tertiary alicyclic amines) is 2. The van der Waals surface area contributed by atoms with E-state index < -0.39 is 76.8 Å². The number of nitrogens with one attached hydrogen (secondary N) is 4. The molecule has 4 N–H and O–H groups in total. The van der Waals surface area contributed by atoms with Crippen LogP contribution in [-0.4, -0.2) is 136 Å². The first kappa shape index (κ1) is 70.2. The smallest absolute Gasteiger partial charge is 0.337 e. The average Bonchev–Trinajstić information content (AvgIpc) is 0.783. The Hall–Kier alpha value is -9.13. The number of methoxy groups -OCH3 is 3. The Morgan fingerprint density at radius 3 is 1.36 bits per heavy atom. The van der Waals surface area contributed by atoms with Crippen LogP contribution in [0.25, 0.3) is 0 Å². The fourth-order valence-corrected chi connectivity index (χ4v) is 13.6. The normalized spacial score (nSPS) is 18.0. The van der Waals surface area contributed by atoms with Crippen molar-refractivity contribution in [2.45, 2.75) is 87.1 Å². The van der Waals surface area contributed by atoms with Gasteiger partial charge in [-0.3, -0.25) is 0 Å². The number of benzene rings is 6. The van der Waals surface area contributed by atoms with Crippen LogP contribution in [0.3, 0.4) is 0 Å². The highest BCUT2D eigenvalue weighted by molar-refractivity contribution is 7.98. The number of allylic oxidation sites excluding steroid dienone is 2. The molecule has 0 spiro atoms. The standard InChI is InChI=1S/C36H39F3N4O5.C35H37F3N4O4S/c1-22-6-9-25(10-7-22)36(27-21-26(37)11-13-30(27)47-3)14-18-42(19-15-36)17-5-16-40-34(45)43-32(24-8-12-28(38)29(39)20-24)31(33(44)48-4)23(2)41-35(43)46;1-22-30(32(43)46-2)31(23-5-14-28(37)29(38)21-23)42(34(45)40-22)33(44)39-17-4-18-41-19-15-35(16-20-41,24-6-10-26(36)11-7-24)25-8-12-27(47-3)13-9-25/h6-13,20-21,32H,5,14-19H2,1-4H3,(H,40,45)(H,41,46);5-14,21,31H,4,15-20H2,1-3H3,(H,39,44)(H,40,45). The molecule has 17 nitrogen and oxygen atoms in total. The molecular formula is C71H76F6N8O9S. The molecule has 4 heterocycles. The lowest BCUT2D eigenvalue weighted by Crippen LogP contribution is -2.54. The number of rotatable bonds is 18. The van der Waals surface area contributed by atoms with Crippen molar-refractivity contribution >= 4 is 47.8 Å². The summed E-state index contributed by atoms with van der Waals surface area (Å²) < 4.78 is 99.8. The number of halogens is 6. The Balaban J connectivity index is 0.000000223. The van der Waals surface area contributed by atoms with E-state index in [0.717, 1.165) is 96.5 Å². The highest BCUT2D eigenvalue weighted by Gasteiger charge is 2.45. The van der Waals surface area contributed by atoms with Crippen LogP contribution in [0.4, 0.5) is 45.5 Å². The molecule has 4 aliphatic rings. The SMILES string of the molecule is COC(=O)C1=C(C)NC(=O)N(C(=O)NCCCN2CCC(c3ccc(C)cc3)(c3cc(F)ccc3OC)CC2)C1c1ccc(F)c(F)c1.COC(=O)C1=C(C)NC(=O)N(C(=O)NCCCN2CCC(c3ccc(F)cc3)(c3ccc(SC)cc3)CC2)C1c1ccc(F)c(F)c1. The second-order valence-electron chi connectivity index (χ2n) is 23.8. The Kier molecular flexibility index (Phi) is 22.9. The second kappa shape index (κ2) is 31.0. The lowest BCUT2D eigenvalue weighted by atomic mass is 9.67. The van der Waals surface area contributed by atoms with E-state index in [1.807, 2.05) is 25.3 Å². The summed E-state index contributed by atoms with van der Waals surface area (Å²) in [6.07, 6.45) is 6.24. The Morgan fingerprint density at radius 2 is 0.937 bits per heavy atom. The number of carbonyl (C=O) groups excluding carboxylic acids is 6. The van der Waals surface area contributed by atoms with Crippen molar-refractivity contribution in [2.24, 2.45) is 0 Å². The van der Waals surface area contributed by atoms with Crippen LogP contribution in [0.1, 0.15) is 103 Å². The summed E-state index contributed by atoms with van der Waals surface area (Å²) in [5, 5.41) is 10.5. The number of thioether (sulfide) groups is 1. The summed E-state index contributed by atoms with van der Waals surface area (Å²) in [6, 6.07) is 28.2. The van der Waals surface area contributed by atoms with Crippen LogP contribution in [0, 0.1) is 41.8 Å². The fourth-order valence-electron chi connectivity index (χ4n) is 13.2. The summed E-state index contributed by atoms with van der Waals surface area (Å²) in [5.74, 6) is -6.20. The summed E-state index contributed by atoms with van der Waals surface area (Å²) in [4.78, 5) is 85.7. The molecule has 502 valence electrons. The number of carbonyl (C=O) groups is 6. The van der Waals surface area contributed by atoms with Crippen LogP contribution in [-0.2, 0) is 29.9 Å². The zero-order valence-corrected chi connectivity index (χ0v) is 54.6. The predicted octanol–water partition coefficient (Wildman–Crippen LogP) is 12.6. The van der Waals surface area contributed by atoms with Gasteiger partial charge in [0.25, 0.3) is 0 Å². The van der Waals surface area contributed by atoms with Crippen molar-refractivity contribution in [3.63, 3.8) is 0 Å². The molecule has 2 saturated heterocycles. The number of ether oxygens (including phenoxy) is 3. The summed E-state index contributed by atoms with van der Waals surface area (Å²) in [5.41, 5.74) is 4.78. The molecule has 95 heavy (non-hydrogen) atoms.